The van der Waals surface area contributed by atoms with Crippen LogP contribution in [0.15, 0.2) is 30.7 Å². The molecule has 0 saturated carbocycles. The molecule has 23 heavy (non-hydrogen) atoms. The first-order valence-electron chi connectivity index (χ1n) is 8.15. The van der Waals surface area contributed by atoms with Crippen molar-refractivity contribution in [3.05, 3.63) is 36.4 Å². The van der Waals surface area contributed by atoms with Crippen LogP contribution in [0.5, 0.6) is 0 Å². The van der Waals surface area contributed by atoms with E-state index in [0.717, 1.165) is 19.4 Å². The molecule has 1 aromatic rings. The third-order valence-corrected chi connectivity index (χ3v) is 4.63. The molecule has 0 aliphatic carbocycles. The number of carbonyl (C=O) groups excluding carboxylic acids is 2. The van der Waals surface area contributed by atoms with Crippen LogP contribution in [0.4, 0.5) is 0 Å². The zero-order chi connectivity index (χ0) is 16.2. The highest BCUT2D eigenvalue weighted by Crippen LogP contribution is 2.29. The minimum Gasteiger partial charge on any atom is -0.337 e. The molecule has 2 bridgehead atoms. The smallest absolute Gasteiger partial charge is 0.274 e. The Morgan fingerprint density at radius 3 is 2.87 bits per heavy atom. The second-order valence-corrected chi connectivity index (χ2v) is 6.22. The van der Waals surface area contributed by atoms with Gasteiger partial charge < -0.3 is 9.80 Å². The summed E-state index contributed by atoms with van der Waals surface area (Å²) in [4.78, 5) is 36.9. The van der Waals surface area contributed by atoms with Gasteiger partial charge in [-0.2, -0.15) is 0 Å². The van der Waals surface area contributed by atoms with Crippen molar-refractivity contribution in [2.75, 3.05) is 19.6 Å². The predicted octanol–water partition coefficient (Wildman–Crippen LogP) is 1.51. The highest BCUT2D eigenvalue weighted by Gasteiger charge is 2.38. The summed E-state index contributed by atoms with van der Waals surface area (Å²) in [6.07, 6.45) is 10.9. The van der Waals surface area contributed by atoms with Crippen molar-refractivity contribution in [1.29, 1.82) is 0 Å². The van der Waals surface area contributed by atoms with Crippen molar-refractivity contribution in [2.24, 2.45) is 5.92 Å². The second-order valence-electron chi connectivity index (χ2n) is 6.22. The molecule has 4 heterocycles. The van der Waals surface area contributed by atoms with E-state index in [2.05, 4.69) is 9.97 Å². The largest absolute Gasteiger partial charge is 0.337 e. The summed E-state index contributed by atoms with van der Waals surface area (Å²) >= 11 is 0. The minimum atomic E-state index is -0.0854. The molecular weight excluding hydrogens is 292 g/mol. The number of piperidine rings is 1. The van der Waals surface area contributed by atoms with Gasteiger partial charge in [0.2, 0.25) is 5.91 Å². The zero-order valence-electron chi connectivity index (χ0n) is 13.4. The van der Waals surface area contributed by atoms with E-state index in [1.165, 1.54) is 12.4 Å². The van der Waals surface area contributed by atoms with Crippen LogP contribution in [-0.4, -0.2) is 57.3 Å². The van der Waals surface area contributed by atoms with Crippen LogP contribution < -0.4 is 0 Å². The maximum absolute atomic E-state index is 12.6. The van der Waals surface area contributed by atoms with Crippen molar-refractivity contribution in [1.82, 2.24) is 19.8 Å². The lowest BCUT2D eigenvalue weighted by Crippen LogP contribution is -2.47. The average Bonchev–Trinajstić information content (AvgIpc) is 2.91. The number of nitrogens with zero attached hydrogens (tertiary/aromatic N) is 4. The number of hydrogen-bond donors (Lipinski definition) is 0. The SMILES string of the molecule is C/C=C/CC(=O)N1C[C@H]2CC[C@@H]1CN(C(=O)c1cnccn1)C2. The third-order valence-electron chi connectivity index (χ3n) is 4.63. The van der Waals surface area contributed by atoms with Crippen molar-refractivity contribution in [2.45, 2.75) is 32.2 Å². The number of amides is 2. The fourth-order valence-corrected chi connectivity index (χ4v) is 3.46. The fraction of sp³-hybridized carbons (Fsp3) is 0.529. The van der Waals surface area contributed by atoms with Gasteiger partial charge in [-0.3, -0.25) is 14.6 Å². The minimum absolute atomic E-state index is 0.0854. The van der Waals surface area contributed by atoms with E-state index in [1.54, 1.807) is 6.20 Å². The number of allylic oxidation sites excluding steroid dienone is 1. The Hall–Kier alpha value is -2.24. The van der Waals surface area contributed by atoms with Crippen molar-refractivity contribution < 1.29 is 9.59 Å². The average molecular weight is 314 g/mol. The van der Waals surface area contributed by atoms with Gasteiger partial charge in [0.05, 0.1) is 6.20 Å². The lowest BCUT2D eigenvalue weighted by Gasteiger charge is -2.36. The number of rotatable bonds is 3. The summed E-state index contributed by atoms with van der Waals surface area (Å²) in [5, 5.41) is 0. The van der Waals surface area contributed by atoms with Gasteiger partial charge >= 0.3 is 0 Å². The molecular formula is C17H22N4O2. The predicted molar refractivity (Wildman–Crippen MR) is 85.6 cm³/mol. The Bertz CT molecular complexity index is 602. The van der Waals surface area contributed by atoms with Crippen LogP contribution in [-0.2, 0) is 4.79 Å². The molecule has 3 fully saturated rings. The monoisotopic (exact) mass is 314 g/mol. The molecule has 0 spiro atoms. The second kappa shape index (κ2) is 6.89. The molecule has 6 nitrogen and oxygen atoms in total. The maximum atomic E-state index is 12.6. The van der Waals surface area contributed by atoms with Crippen LogP contribution in [0.3, 0.4) is 0 Å². The first kappa shape index (κ1) is 15.6. The lowest BCUT2D eigenvalue weighted by atomic mass is 9.94. The van der Waals surface area contributed by atoms with E-state index in [0.29, 0.717) is 31.1 Å². The Balaban J connectivity index is 1.73. The van der Waals surface area contributed by atoms with E-state index in [9.17, 15) is 9.59 Å². The first-order valence-corrected chi connectivity index (χ1v) is 8.15. The molecule has 1 aromatic heterocycles. The van der Waals surface area contributed by atoms with Crippen LogP contribution in [0.25, 0.3) is 0 Å². The van der Waals surface area contributed by atoms with Crippen LogP contribution in [0, 0.1) is 5.92 Å². The lowest BCUT2D eigenvalue weighted by molar-refractivity contribution is -0.134. The molecule has 122 valence electrons. The summed E-state index contributed by atoms with van der Waals surface area (Å²) in [7, 11) is 0. The molecule has 3 aliphatic rings. The van der Waals surface area contributed by atoms with E-state index >= 15 is 0 Å². The fourth-order valence-electron chi connectivity index (χ4n) is 3.46. The molecule has 0 N–H and O–H groups in total. The first-order chi connectivity index (χ1) is 11.2. The Labute approximate surface area is 136 Å². The summed E-state index contributed by atoms with van der Waals surface area (Å²) in [5.74, 6) is 0.424. The normalized spacial score (nSPS) is 24.0. The van der Waals surface area contributed by atoms with E-state index in [4.69, 9.17) is 0 Å². The summed E-state index contributed by atoms with van der Waals surface area (Å²) in [5.41, 5.74) is 0.376. The molecule has 3 saturated heterocycles. The van der Waals surface area contributed by atoms with E-state index in [1.807, 2.05) is 28.9 Å². The van der Waals surface area contributed by atoms with Gasteiger partial charge in [-0.1, -0.05) is 12.2 Å². The maximum Gasteiger partial charge on any atom is 0.274 e. The van der Waals surface area contributed by atoms with Crippen molar-refractivity contribution in [3.63, 3.8) is 0 Å². The van der Waals surface area contributed by atoms with Crippen LogP contribution >= 0.6 is 0 Å². The molecule has 2 amide bonds. The number of carbonyl (C=O) groups is 2. The van der Waals surface area contributed by atoms with Gasteiger partial charge in [0, 0.05) is 44.5 Å². The molecule has 0 radical (unpaired) electrons. The molecule has 6 heteroatoms. The quantitative estimate of drug-likeness (QED) is 0.793. The summed E-state index contributed by atoms with van der Waals surface area (Å²) in [6, 6.07) is 0.118. The van der Waals surface area contributed by atoms with Gasteiger partial charge in [-0.25, -0.2) is 4.98 Å². The Kier molecular flexibility index (Phi) is 4.69. The van der Waals surface area contributed by atoms with Gasteiger partial charge in [-0.05, 0) is 25.7 Å². The molecule has 2 atom stereocenters. The topological polar surface area (TPSA) is 66.4 Å². The van der Waals surface area contributed by atoms with Gasteiger partial charge in [-0.15, -0.1) is 0 Å². The third kappa shape index (κ3) is 3.41. The van der Waals surface area contributed by atoms with E-state index < -0.39 is 0 Å². The Morgan fingerprint density at radius 1 is 1.26 bits per heavy atom. The van der Waals surface area contributed by atoms with Gasteiger partial charge in [0.1, 0.15) is 5.69 Å². The van der Waals surface area contributed by atoms with E-state index in [-0.39, 0.29) is 17.9 Å². The molecule has 0 unspecified atom stereocenters. The summed E-state index contributed by atoms with van der Waals surface area (Å²) < 4.78 is 0. The number of fused-ring (bicyclic) bond motifs is 4. The van der Waals surface area contributed by atoms with Gasteiger partial charge in [0.25, 0.3) is 5.91 Å². The van der Waals surface area contributed by atoms with Gasteiger partial charge in [0.15, 0.2) is 0 Å². The molecule has 3 aliphatic heterocycles. The highest BCUT2D eigenvalue weighted by atomic mass is 16.2. The Morgan fingerprint density at radius 2 is 2.13 bits per heavy atom. The van der Waals surface area contributed by atoms with Crippen molar-refractivity contribution in [3.8, 4) is 0 Å². The molecule has 4 rings (SSSR count). The highest BCUT2D eigenvalue weighted by molar-refractivity contribution is 5.92. The molecule has 0 aromatic carbocycles. The van der Waals surface area contributed by atoms with Crippen LogP contribution in [0.1, 0.15) is 36.7 Å². The zero-order valence-corrected chi connectivity index (χ0v) is 13.4. The van der Waals surface area contributed by atoms with Crippen molar-refractivity contribution >= 4 is 11.8 Å². The number of aromatic nitrogens is 2. The standard InChI is InChI=1S/C17H22N4O2/c1-2-3-4-16(22)21-11-13-5-6-14(21)12-20(10-13)17(23)15-9-18-7-8-19-15/h2-3,7-9,13-14H,4-6,10-12H2,1H3/b3-2+/t13-,14+/m0/s1. The van der Waals surface area contributed by atoms with Crippen LogP contribution in [0.2, 0.25) is 0 Å². The number of hydrogen-bond acceptors (Lipinski definition) is 4. The summed E-state index contributed by atoms with van der Waals surface area (Å²) in [6.45, 7) is 3.96.